The summed E-state index contributed by atoms with van der Waals surface area (Å²) in [6.45, 7) is 2.14. The summed E-state index contributed by atoms with van der Waals surface area (Å²) >= 11 is 3.01. The quantitative estimate of drug-likeness (QED) is 0.858. The van der Waals surface area contributed by atoms with Crippen LogP contribution in [0.25, 0.3) is 0 Å². The Balaban J connectivity index is 2.74. The largest absolute Gasteiger partial charge is 0.573 e. The lowest BCUT2D eigenvalue weighted by Crippen LogP contribution is -2.17. The Labute approximate surface area is 105 Å². The van der Waals surface area contributed by atoms with Gasteiger partial charge in [-0.3, -0.25) is 0 Å². The molecule has 0 aromatic heterocycles. The molecule has 0 aliphatic carbocycles. The van der Waals surface area contributed by atoms with Gasteiger partial charge in [-0.2, -0.15) is 0 Å². The minimum atomic E-state index is -4.69. The molecule has 17 heavy (non-hydrogen) atoms. The Morgan fingerprint density at radius 2 is 2.12 bits per heavy atom. The number of hydrogen-bond donors (Lipinski definition) is 1. The van der Waals surface area contributed by atoms with E-state index in [4.69, 9.17) is 0 Å². The van der Waals surface area contributed by atoms with Crippen molar-refractivity contribution >= 4 is 21.6 Å². The molecule has 0 unspecified atom stereocenters. The van der Waals surface area contributed by atoms with Crippen LogP contribution in [0.5, 0.6) is 5.75 Å². The third-order valence-electron chi connectivity index (χ3n) is 1.72. The number of anilines is 1. The van der Waals surface area contributed by atoms with Gasteiger partial charge in [0.05, 0.1) is 11.0 Å². The zero-order chi connectivity index (χ0) is 12.9. The van der Waals surface area contributed by atoms with Crippen LogP contribution in [0.1, 0.15) is 6.92 Å². The number of alkyl halides is 3. The first-order valence-electron chi connectivity index (χ1n) is 4.61. The van der Waals surface area contributed by atoms with E-state index in [2.05, 4.69) is 37.8 Å². The molecule has 6 heteroatoms. The van der Waals surface area contributed by atoms with Crippen LogP contribution in [0.2, 0.25) is 0 Å². The lowest BCUT2D eigenvalue weighted by molar-refractivity contribution is -0.274. The Bertz CT molecular complexity index is 448. The smallest absolute Gasteiger partial charge is 0.405 e. The van der Waals surface area contributed by atoms with Crippen LogP contribution < -0.4 is 10.1 Å². The minimum absolute atomic E-state index is 0.226. The molecule has 1 N–H and O–H groups in total. The third kappa shape index (κ3) is 5.00. The highest BCUT2D eigenvalue weighted by molar-refractivity contribution is 9.10. The molecule has 0 amide bonds. The number of nitrogens with one attached hydrogen (secondary N) is 1. The van der Waals surface area contributed by atoms with Gasteiger partial charge in [-0.05, 0) is 41.1 Å². The maximum atomic E-state index is 12.0. The van der Waals surface area contributed by atoms with Crippen molar-refractivity contribution < 1.29 is 17.9 Å². The second-order valence-electron chi connectivity index (χ2n) is 2.97. The van der Waals surface area contributed by atoms with E-state index in [0.717, 1.165) is 0 Å². The second kappa shape index (κ2) is 5.82. The van der Waals surface area contributed by atoms with Crippen LogP contribution in [0, 0.1) is 11.8 Å². The molecular weight excluding hydrogens is 299 g/mol. The molecule has 92 valence electrons. The van der Waals surface area contributed by atoms with Crippen LogP contribution in [0.15, 0.2) is 22.7 Å². The van der Waals surface area contributed by atoms with Crippen LogP contribution in [-0.4, -0.2) is 12.9 Å². The summed E-state index contributed by atoms with van der Waals surface area (Å²) in [4.78, 5) is 0. The highest BCUT2D eigenvalue weighted by Gasteiger charge is 2.31. The molecule has 2 nitrogen and oxygen atoms in total. The zero-order valence-corrected chi connectivity index (χ0v) is 10.4. The maximum Gasteiger partial charge on any atom is 0.573 e. The number of halogens is 4. The molecule has 0 aliphatic heterocycles. The minimum Gasteiger partial charge on any atom is -0.405 e. The first-order chi connectivity index (χ1) is 7.92. The number of benzene rings is 1. The van der Waals surface area contributed by atoms with Gasteiger partial charge in [0, 0.05) is 5.69 Å². The molecule has 0 bridgehead atoms. The van der Waals surface area contributed by atoms with Gasteiger partial charge in [-0.15, -0.1) is 19.1 Å². The highest BCUT2D eigenvalue weighted by Crippen LogP contribution is 2.32. The first kappa shape index (κ1) is 13.7. The van der Waals surface area contributed by atoms with Crippen molar-refractivity contribution in [3.63, 3.8) is 0 Å². The van der Waals surface area contributed by atoms with Crippen molar-refractivity contribution in [2.75, 3.05) is 11.9 Å². The zero-order valence-electron chi connectivity index (χ0n) is 8.86. The number of hydrogen-bond acceptors (Lipinski definition) is 2. The normalized spacial score (nSPS) is 10.4. The highest BCUT2D eigenvalue weighted by atomic mass is 79.9. The Morgan fingerprint density at radius 1 is 1.41 bits per heavy atom. The Hall–Kier alpha value is -1.35. The van der Waals surface area contributed by atoms with E-state index >= 15 is 0 Å². The first-order valence-corrected chi connectivity index (χ1v) is 5.40. The fourth-order valence-electron chi connectivity index (χ4n) is 1.05. The van der Waals surface area contributed by atoms with E-state index < -0.39 is 6.36 Å². The van der Waals surface area contributed by atoms with Gasteiger partial charge in [-0.1, -0.05) is 5.92 Å². The molecule has 0 atom stereocenters. The fourth-order valence-corrected chi connectivity index (χ4v) is 1.51. The number of ether oxygens (including phenoxy) is 1. The van der Waals surface area contributed by atoms with Gasteiger partial charge < -0.3 is 10.1 Å². The van der Waals surface area contributed by atoms with Gasteiger partial charge in [0.2, 0.25) is 0 Å². The standard InChI is InChI=1S/C11H9BrF3NO/c1-2-3-6-16-8-4-5-10(9(12)7-8)17-11(13,14)15/h4-5,7,16H,6H2,1H3. The molecule has 0 heterocycles. The van der Waals surface area contributed by atoms with Crippen LogP contribution in [0.3, 0.4) is 0 Å². The molecule has 0 saturated heterocycles. The topological polar surface area (TPSA) is 21.3 Å². The van der Waals surface area contributed by atoms with Gasteiger partial charge >= 0.3 is 6.36 Å². The second-order valence-corrected chi connectivity index (χ2v) is 3.83. The van der Waals surface area contributed by atoms with Crippen LogP contribution in [-0.2, 0) is 0 Å². The van der Waals surface area contributed by atoms with Crippen molar-refractivity contribution in [3.05, 3.63) is 22.7 Å². The molecule has 1 aromatic carbocycles. The maximum absolute atomic E-state index is 12.0. The third-order valence-corrected chi connectivity index (χ3v) is 2.33. The molecule has 0 spiro atoms. The average Bonchev–Trinajstić information content (AvgIpc) is 2.21. The van der Waals surface area contributed by atoms with Gasteiger partial charge in [0.1, 0.15) is 5.75 Å². The summed E-state index contributed by atoms with van der Waals surface area (Å²) in [5, 5.41) is 2.94. The van der Waals surface area contributed by atoms with E-state index in [1.54, 1.807) is 6.92 Å². The summed E-state index contributed by atoms with van der Waals surface area (Å²) in [7, 11) is 0. The molecule has 1 aromatic rings. The summed E-state index contributed by atoms with van der Waals surface area (Å²) < 4.78 is 40.0. The van der Waals surface area contributed by atoms with E-state index in [0.29, 0.717) is 12.2 Å². The predicted molar refractivity (Wildman–Crippen MR) is 62.8 cm³/mol. The lowest BCUT2D eigenvalue weighted by atomic mass is 10.3. The Morgan fingerprint density at radius 3 is 2.65 bits per heavy atom. The molecule has 1 rings (SSSR count). The van der Waals surface area contributed by atoms with Crippen LogP contribution in [0.4, 0.5) is 18.9 Å². The molecule has 0 fully saturated rings. The lowest BCUT2D eigenvalue weighted by Gasteiger charge is -2.11. The monoisotopic (exact) mass is 307 g/mol. The van der Waals surface area contributed by atoms with Gasteiger partial charge in [0.25, 0.3) is 0 Å². The predicted octanol–water partition coefficient (Wildman–Crippen LogP) is 3.78. The summed E-state index contributed by atoms with van der Waals surface area (Å²) in [5.74, 6) is 5.21. The van der Waals surface area contributed by atoms with Crippen molar-refractivity contribution in [1.29, 1.82) is 0 Å². The fraction of sp³-hybridized carbons (Fsp3) is 0.273. The Kier molecular flexibility index (Phi) is 4.70. The SMILES string of the molecule is CC#CCNc1ccc(OC(F)(F)F)c(Br)c1. The van der Waals surface area contributed by atoms with Crippen molar-refractivity contribution in [2.45, 2.75) is 13.3 Å². The number of rotatable bonds is 3. The van der Waals surface area contributed by atoms with Crippen molar-refractivity contribution in [1.82, 2.24) is 0 Å². The molecule has 0 aliphatic rings. The van der Waals surface area contributed by atoms with E-state index in [-0.39, 0.29) is 10.2 Å². The molecular formula is C11H9BrF3NO. The summed E-state index contributed by atoms with van der Waals surface area (Å²) in [5.41, 5.74) is 0.661. The summed E-state index contributed by atoms with van der Waals surface area (Å²) in [6, 6.07) is 4.22. The van der Waals surface area contributed by atoms with Gasteiger partial charge in [-0.25, -0.2) is 0 Å². The molecule has 0 radical (unpaired) electrons. The van der Waals surface area contributed by atoms with Crippen LogP contribution >= 0.6 is 15.9 Å². The average molecular weight is 308 g/mol. The van der Waals surface area contributed by atoms with Crippen molar-refractivity contribution in [2.24, 2.45) is 0 Å². The van der Waals surface area contributed by atoms with Gasteiger partial charge in [0.15, 0.2) is 0 Å². The van der Waals surface area contributed by atoms with E-state index in [1.165, 1.54) is 18.2 Å². The van der Waals surface area contributed by atoms with E-state index in [9.17, 15) is 13.2 Å². The summed E-state index contributed by atoms with van der Waals surface area (Å²) in [6.07, 6.45) is -4.69. The van der Waals surface area contributed by atoms with E-state index in [1.807, 2.05) is 0 Å². The van der Waals surface area contributed by atoms with Crippen molar-refractivity contribution in [3.8, 4) is 17.6 Å². The molecule has 0 saturated carbocycles.